The number of nitrogens with one attached hydrogen (secondary N) is 3. The predicted molar refractivity (Wildman–Crippen MR) is 165 cm³/mol. The molecule has 6 aromatic rings. The Morgan fingerprint density at radius 3 is 2.48 bits per heavy atom. The molecular formula is C31H23N7O3S. The lowest BCUT2D eigenvalue weighted by Crippen LogP contribution is -2.14. The van der Waals surface area contributed by atoms with Crippen molar-refractivity contribution in [1.29, 1.82) is 0 Å². The van der Waals surface area contributed by atoms with Crippen LogP contribution in [0.1, 0.15) is 17.3 Å². The summed E-state index contributed by atoms with van der Waals surface area (Å²) in [5, 5.41) is 6.72. The van der Waals surface area contributed by atoms with Gasteiger partial charge in [-0.25, -0.2) is 19.9 Å². The predicted octanol–water partition coefficient (Wildman–Crippen LogP) is 5.53. The number of amides is 2. The van der Waals surface area contributed by atoms with E-state index in [-0.39, 0.29) is 17.0 Å². The summed E-state index contributed by atoms with van der Waals surface area (Å²) < 4.78 is 0. The van der Waals surface area contributed by atoms with Crippen molar-refractivity contribution in [3.05, 3.63) is 101 Å². The summed E-state index contributed by atoms with van der Waals surface area (Å²) in [7, 11) is 0. The Morgan fingerprint density at radius 1 is 0.833 bits per heavy atom. The van der Waals surface area contributed by atoms with Gasteiger partial charge in [0.25, 0.3) is 11.5 Å². The highest BCUT2D eigenvalue weighted by Crippen LogP contribution is 2.34. The number of H-pyrrole nitrogens is 1. The SMILES string of the molecule is CSc1nc(-c2ccnc(NC(C)=O)c2)c(-c2cccc(NC(=O)c3cccc4nc5ccccc5c(=O)nc34)c2)[nH]1. The summed E-state index contributed by atoms with van der Waals surface area (Å²) in [6, 6.07) is 22.9. The van der Waals surface area contributed by atoms with Crippen LogP contribution < -0.4 is 16.2 Å². The zero-order valence-corrected chi connectivity index (χ0v) is 23.3. The van der Waals surface area contributed by atoms with Crippen LogP contribution in [-0.4, -0.2) is 43.0 Å². The molecule has 0 saturated heterocycles. The minimum absolute atomic E-state index is 0.221. The minimum atomic E-state index is -0.454. The maximum absolute atomic E-state index is 13.5. The van der Waals surface area contributed by atoms with Gasteiger partial charge < -0.3 is 15.6 Å². The smallest absolute Gasteiger partial charge is 0.279 e. The average Bonchev–Trinajstić information content (AvgIpc) is 3.37. The van der Waals surface area contributed by atoms with Crippen molar-refractivity contribution in [1.82, 2.24) is 24.9 Å². The molecule has 0 radical (unpaired) electrons. The molecule has 42 heavy (non-hydrogen) atoms. The molecule has 0 saturated carbocycles. The van der Waals surface area contributed by atoms with Crippen LogP contribution in [-0.2, 0) is 4.79 Å². The average molecular weight is 574 g/mol. The van der Waals surface area contributed by atoms with Crippen molar-refractivity contribution in [3.8, 4) is 22.5 Å². The Morgan fingerprint density at radius 2 is 1.64 bits per heavy atom. The molecule has 206 valence electrons. The lowest BCUT2D eigenvalue weighted by molar-refractivity contribution is -0.114. The van der Waals surface area contributed by atoms with E-state index in [4.69, 9.17) is 4.98 Å². The molecule has 2 amide bonds. The summed E-state index contributed by atoms with van der Waals surface area (Å²) in [5.41, 5.74) is 4.44. The monoisotopic (exact) mass is 573 g/mol. The van der Waals surface area contributed by atoms with Gasteiger partial charge in [0.05, 0.1) is 33.4 Å². The molecule has 3 heterocycles. The second-order valence-electron chi connectivity index (χ2n) is 9.33. The molecule has 0 unspecified atom stereocenters. The van der Waals surface area contributed by atoms with Crippen molar-refractivity contribution in [3.63, 3.8) is 0 Å². The minimum Gasteiger partial charge on any atom is -0.332 e. The number of carbonyl (C=O) groups excluding carboxylic acids is 2. The number of hydrogen-bond acceptors (Lipinski definition) is 8. The fourth-order valence-electron chi connectivity index (χ4n) is 4.61. The van der Waals surface area contributed by atoms with Crippen LogP contribution in [0.15, 0.2) is 95.0 Å². The Labute approximate surface area is 243 Å². The molecule has 11 heteroatoms. The number of aromatic amines is 1. The molecule has 0 aliphatic rings. The largest absolute Gasteiger partial charge is 0.332 e. The number of aromatic nitrogens is 5. The van der Waals surface area contributed by atoms with Crippen LogP contribution in [0.2, 0.25) is 0 Å². The third-order valence-corrected chi connectivity index (χ3v) is 7.05. The van der Waals surface area contributed by atoms with Gasteiger partial charge in [0, 0.05) is 29.9 Å². The number of imidazole rings is 1. The Balaban J connectivity index is 1.37. The Hall–Kier alpha value is -5.42. The zero-order chi connectivity index (χ0) is 29.2. The second kappa shape index (κ2) is 11.2. The number of benzene rings is 3. The maximum Gasteiger partial charge on any atom is 0.279 e. The number of anilines is 2. The van der Waals surface area contributed by atoms with E-state index in [9.17, 15) is 14.4 Å². The number of nitrogens with zero attached hydrogens (tertiary/aromatic N) is 4. The van der Waals surface area contributed by atoms with Crippen molar-refractivity contribution in [2.75, 3.05) is 16.9 Å². The number of hydrogen-bond donors (Lipinski definition) is 3. The number of fused-ring (bicyclic) bond motifs is 2. The summed E-state index contributed by atoms with van der Waals surface area (Å²) in [6.07, 6.45) is 3.53. The molecule has 0 aliphatic carbocycles. The van der Waals surface area contributed by atoms with Gasteiger partial charge in [-0.1, -0.05) is 42.1 Å². The third-order valence-electron chi connectivity index (χ3n) is 6.47. The van der Waals surface area contributed by atoms with Crippen LogP contribution in [0.5, 0.6) is 0 Å². The molecule has 3 N–H and O–H groups in total. The highest BCUT2D eigenvalue weighted by molar-refractivity contribution is 7.98. The van der Waals surface area contributed by atoms with Crippen LogP contribution in [0, 0.1) is 0 Å². The quantitative estimate of drug-likeness (QED) is 0.221. The highest BCUT2D eigenvalue weighted by atomic mass is 32.2. The molecule has 3 aromatic carbocycles. The van der Waals surface area contributed by atoms with Gasteiger partial charge in [0.2, 0.25) is 5.91 Å². The summed E-state index contributed by atoms with van der Waals surface area (Å²) in [4.78, 5) is 59.0. The van der Waals surface area contributed by atoms with E-state index in [1.54, 1.807) is 60.8 Å². The fourth-order valence-corrected chi connectivity index (χ4v) is 5.00. The fraction of sp³-hybridized carbons (Fsp3) is 0.0645. The van der Waals surface area contributed by atoms with Gasteiger partial charge in [-0.15, -0.1) is 0 Å². The first kappa shape index (κ1) is 26.8. The first-order chi connectivity index (χ1) is 20.4. The molecule has 10 nitrogen and oxygen atoms in total. The Bertz CT molecular complexity index is 2080. The van der Waals surface area contributed by atoms with Crippen molar-refractivity contribution in [2.45, 2.75) is 12.1 Å². The highest BCUT2D eigenvalue weighted by Gasteiger charge is 2.17. The Kier molecular flexibility index (Phi) is 7.16. The van der Waals surface area contributed by atoms with E-state index < -0.39 is 11.5 Å². The zero-order valence-electron chi connectivity index (χ0n) is 22.5. The number of thioether (sulfide) groups is 1. The summed E-state index contributed by atoms with van der Waals surface area (Å²) in [5.74, 6) is -0.229. The van der Waals surface area contributed by atoms with E-state index in [2.05, 4.69) is 30.6 Å². The molecule has 0 spiro atoms. The van der Waals surface area contributed by atoms with Gasteiger partial charge in [-0.3, -0.25) is 14.4 Å². The topological polar surface area (TPSA) is 143 Å². The van der Waals surface area contributed by atoms with E-state index >= 15 is 0 Å². The molecule has 6 rings (SSSR count). The maximum atomic E-state index is 13.5. The number of rotatable bonds is 6. The van der Waals surface area contributed by atoms with E-state index in [1.165, 1.54) is 18.7 Å². The number of carbonyl (C=O) groups is 2. The lowest BCUT2D eigenvalue weighted by Gasteiger charge is -2.09. The van der Waals surface area contributed by atoms with E-state index in [0.29, 0.717) is 38.8 Å². The number of pyridine rings is 1. The van der Waals surface area contributed by atoms with E-state index in [1.807, 2.05) is 30.5 Å². The van der Waals surface area contributed by atoms with Crippen molar-refractivity contribution < 1.29 is 9.59 Å². The molecule has 0 bridgehead atoms. The molecule has 3 aromatic heterocycles. The van der Waals surface area contributed by atoms with Gasteiger partial charge in [-0.05, 0) is 54.8 Å². The first-order valence-electron chi connectivity index (χ1n) is 12.9. The van der Waals surface area contributed by atoms with Gasteiger partial charge in [0.15, 0.2) is 5.16 Å². The van der Waals surface area contributed by atoms with Gasteiger partial charge >= 0.3 is 0 Å². The third kappa shape index (κ3) is 5.32. The van der Waals surface area contributed by atoms with E-state index in [0.717, 1.165) is 16.8 Å². The lowest BCUT2D eigenvalue weighted by atomic mass is 10.0. The van der Waals surface area contributed by atoms with Gasteiger partial charge in [0.1, 0.15) is 11.3 Å². The first-order valence-corrected chi connectivity index (χ1v) is 14.1. The standard InChI is InChI=1S/C31H23N7O3S/c1-17(39)33-25-16-19(13-14-32-25)27-26(37-31(38-27)42-2)18-7-5-8-20(15-18)34-30(41)22-10-6-12-24-28(22)36-29(40)21-9-3-4-11-23(21)35-24/h3-16H,1-2H3,(H,34,41)(H,37,38)(H,32,33,39). The van der Waals surface area contributed by atoms with Crippen LogP contribution in [0.4, 0.5) is 11.5 Å². The summed E-state index contributed by atoms with van der Waals surface area (Å²) in [6.45, 7) is 1.42. The normalized spacial score (nSPS) is 11.0. The van der Waals surface area contributed by atoms with Crippen LogP contribution in [0.3, 0.4) is 0 Å². The molecule has 0 atom stereocenters. The summed E-state index contributed by atoms with van der Waals surface area (Å²) >= 11 is 1.46. The second-order valence-corrected chi connectivity index (χ2v) is 10.1. The van der Waals surface area contributed by atoms with Crippen LogP contribution >= 0.6 is 11.8 Å². The van der Waals surface area contributed by atoms with Gasteiger partial charge in [-0.2, -0.15) is 0 Å². The molecular weight excluding hydrogens is 550 g/mol. The number of para-hydroxylation sites is 2. The van der Waals surface area contributed by atoms with Crippen molar-refractivity contribution >= 4 is 57.0 Å². The van der Waals surface area contributed by atoms with Crippen molar-refractivity contribution in [2.24, 2.45) is 0 Å². The molecule has 0 aliphatic heterocycles. The molecule has 0 fully saturated rings. The van der Waals surface area contributed by atoms with Crippen LogP contribution in [0.25, 0.3) is 44.5 Å².